The van der Waals surface area contributed by atoms with Crippen LogP contribution in [0.1, 0.15) is 36.8 Å². The molecule has 0 saturated carbocycles. The summed E-state index contributed by atoms with van der Waals surface area (Å²) in [6, 6.07) is 17.4. The Morgan fingerprint density at radius 2 is 0.930 bits per heavy atom. The Hall–Kier alpha value is -3.67. The van der Waals surface area contributed by atoms with Gasteiger partial charge in [0.05, 0.1) is 21.9 Å². The first kappa shape index (κ1) is 42.9. The van der Waals surface area contributed by atoms with Crippen LogP contribution in [0, 0.1) is 11.8 Å². The summed E-state index contributed by atoms with van der Waals surface area (Å²) in [6.07, 6.45) is 7.76. The fraction of sp³-hybridized carbons (Fsp3) is 0.238. The molecule has 8 nitrogen and oxygen atoms in total. The molecule has 2 aliphatic heterocycles. The highest BCUT2D eigenvalue weighted by Crippen LogP contribution is 2.48. The highest BCUT2D eigenvalue weighted by molar-refractivity contribution is 7.99. The summed E-state index contributed by atoms with van der Waals surface area (Å²) in [5.74, 6) is -3.14. The zero-order valence-electron chi connectivity index (χ0n) is 30.0. The summed E-state index contributed by atoms with van der Waals surface area (Å²) in [5, 5.41) is 20.9. The molecule has 0 bridgehead atoms. The van der Waals surface area contributed by atoms with Crippen LogP contribution in [-0.4, -0.2) is 69.9 Å². The molecule has 0 aromatic heterocycles. The summed E-state index contributed by atoms with van der Waals surface area (Å²) < 4.78 is 0. The maximum Gasteiger partial charge on any atom is 0.306 e. The molecule has 0 unspecified atom stereocenters. The molecule has 0 aliphatic carbocycles. The quantitative estimate of drug-likeness (QED) is 0.152. The number of carbonyl (C=O) groups excluding carboxylic acids is 2. The number of likely N-dealkylation sites (tertiary alicyclic amines) is 2. The van der Waals surface area contributed by atoms with E-state index in [4.69, 9.17) is 69.6 Å². The van der Waals surface area contributed by atoms with E-state index in [1.54, 1.807) is 58.4 Å². The van der Waals surface area contributed by atoms with Crippen LogP contribution in [0.5, 0.6) is 0 Å². The monoisotopic (exact) mass is 904 g/mol. The lowest BCUT2D eigenvalue weighted by molar-refractivity contribution is -0.145. The number of amides is 2. The molecular formula is C42H34Cl6N2O6S. The van der Waals surface area contributed by atoms with E-state index < -0.39 is 23.8 Å². The average molecular weight is 908 g/mol. The molecule has 2 aliphatic rings. The summed E-state index contributed by atoms with van der Waals surface area (Å²) in [5.41, 5.74) is 3.50. The molecule has 4 aromatic carbocycles. The minimum atomic E-state index is -0.853. The van der Waals surface area contributed by atoms with Crippen molar-refractivity contribution in [2.24, 2.45) is 11.8 Å². The summed E-state index contributed by atoms with van der Waals surface area (Å²) in [7, 11) is 0. The van der Waals surface area contributed by atoms with Crippen molar-refractivity contribution < 1.29 is 29.4 Å². The molecule has 0 radical (unpaired) electrons. The Kier molecular flexibility index (Phi) is 14.3. The normalized spacial score (nSPS) is 15.5. The number of hydrogen-bond donors (Lipinski definition) is 2. The molecule has 2 amide bonds. The number of carboxylic acids is 2. The van der Waals surface area contributed by atoms with Gasteiger partial charge in [0.25, 0.3) is 0 Å². The van der Waals surface area contributed by atoms with Gasteiger partial charge in [0, 0.05) is 90.5 Å². The fourth-order valence-corrected chi connectivity index (χ4v) is 9.53. The average Bonchev–Trinajstić information content (AvgIpc) is 3.18. The van der Waals surface area contributed by atoms with E-state index in [-0.39, 0.29) is 11.8 Å². The number of nitrogens with zero attached hydrogens (tertiary/aromatic N) is 2. The van der Waals surface area contributed by atoms with Gasteiger partial charge in [-0.3, -0.25) is 19.2 Å². The van der Waals surface area contributed by atoms with Crippen molar-refractivity contribution >= 4 is 117 Å². The van der Waals surface area contributed by atoms with Crippen LogP contribution in [-0.2, 0) is 19.2 Å². The third-order valence-corrected chi connectivity index (χ3v) is 13.2. The van der Waals surface area contributed by atoms with Crippen molar-refractivity contribution in [1.29, 1.82) is 0 Å². The number of benzene rings is 4. The van der Waals surface area contributed by atoms with E-state index in [0.717, 1.165) is 0 Å². The van der Waals surface area contributed by atoms with Gasteiger partial charge in [-0.2, -0.15) is 0 Å². The summed E-state index contributed by atoms with van der Waals surface area (Å²) in [6.45, 7) is 1.37. The first-order valence-electron chi connectivity index (χ1n) is 17.8. The second-order valence-electron chi connectivity index (χ2n) is 13.6. The number of carboxylic acid groups (broad SMARTS) is 2. The SMILES string of the molecule is O=C(O)C1CCN(C(=O)/C=C/c2ccc(Sc3ccc(/C=C/C(=O)N4CCC(C(=O)O)CC4)c(-c4ccc(Cl)cc4Cl)c3Cl)c(Cl)c2-c2ccc(Cl)cc2Cl)CC1. The summed E-state index contributed by atoms with van der Waals surface area (Å²) >= 11 is 41.7. The van der Waals surface area contributed by atoms with Gasteiger partial charge in [-0.05, 0) is 85.4 Å². The van der Waals surface area contributed by atoms with Crippen LogP contribution < -0.4 is 0 Å². The standard InChI is InChI=1S/C42H34Cl6N2O6S/c43-27-5-7-29(31(45)21-27)37-23(3-11-35(51)49-17-13-25(14-18-49)41(53)54)1-9-33(39(37)47)57-34-10-2-24(38(40(34)48)30-8-6-28(44)22-32(30)46)4-12-36(52)50-19-15-26(16-20-50)42(55)56/h1-12,21-22,25-26H,13-20H2,(H,53,54)(H,55,56)/b11-3+,12-4+. The molecule has 2 fully saturated rings. The first-order chi connectivity index (χ1) is 27.2. The second-order valence-corrected chi connectivity index (χ2v) is 17.1. The van der Waals surface area contributed by atoms with Crippen molar-refractivity contribution in [3.05, 3.63) is 114 Å². The smallest absolute Gasteiger partial charge is 0.306 e. The Morgan fingerprint density at radius 1 is 0.561 bits per heavy atom. The molecule has 2 saturated heterocycles. The van der Waals surface area contributed by atoms with Gasteiger partial charge in [-0.15, -0.1) is 0 Å². The van der Waals surface area contributed by atoms with E-state index in [2.05, 4.69) is 0 Å². The number of halogens is 6. The Labute approximate surface area is 363 Å². The third kappa shape index (κ3) is 10.1. The van der Waals surface area contributed by atoms with Crippen molar-refractivity contribution in [1.82, 2.24) is 9.80 Å². The Balaban J connectivity index is 1.35. The van der Waals surface area contributed by atoms with E-state index in [1.165, 1.54) is 23.9 Å². The molecule has 6 rings (SSSR count). The van der Waals surface area contributed by atoms with Gasteiger partial charge in [0.15, 0.2) is 0 Å². The third-order valence-electron chi connectivity index (χ3n) is 10.0. The highest BCUT2D eigenvalue weighted by atomic mass is 35.5. The van der Waals surface area contributed by atoms with E-state index in [0.29, 0.717) is 125 Å². The molecule has 296 valence electrons. The predicted molar refractivity (Wildman–Crippen MR) is 230 cm³/mol. The fourth-order valence-electron chi connectivity index (χ4n) is 6.86. The van der Waals surface area contributed by atoms with Gasteiger partial charge < -0.3 is 20.0 Å². The number of hydrogen-bond acceptors (Lipinski definition) is 5. The van der Waals surface area contributed by atoms with Crippen LogP contribution in [0.3, 0.4) is 0 Å². The van der Waals surface area contributed by atoms with Crippen LogP contribution in [0.4, 0.5) is 0 Å². The first-order valence-corrected chi connectivity index (χ1v) is 20.9. The van der Waals surface area contributed by atoms with E-state index in [9.17, 15) is 29.4 Å². The van der Waals surface area contributed by atoms with Crippen molar-refractivity contribution in [2.75, 3.05) is 26.2 Å². The summed E-state index contributed by atoms with van der Waals surface area (Å²) in [4.78, 5) is 53.7. The topological polar surface area (TPSA) is 115 Å². The van der Waals surface area contributed by atoms with Crippen molar-refractivity contribution in [3.8, 4) is 22.3 Å². The van der Waals surface area contributed by atoms with Gasteiger partial charge in [0.1, 0.15) is 0 Å². The molecule has 0 atom stereocenters. The van der Waals surface area contributed by atoms with Crippen LogP contribution in [0.2, 0.25) is 30.1 Å². The van der Waals surface area contributed by atoms with Gasteiger partial charge in [0.2, 0.25) is 11.8 Å². The minimum absolute atomic E-state index is 0.250. The molecular weight excluding hydrogens is 873 g/mol. The van der Waals surface area contributed by atoms with Crippen molar-refractivity contribution in [2.45, 2.75) is 35.5 Å². The largest absolute Gasteiger partial charge is 0.481 e. The molecule has 2 N–H and O–H groups in total. The lowest BCUT2D eigenvalue weighted by Gasteiger charge is -2.29. The maximum atomic E-state index is 13.2. The number of piperidine rings is 2. The van der Waals surface area contributed by atoms with Gasteiger partial charge in [-0.1, -0.05) is 106 Å². The molecule has 57 heavy (non-hydrogen) atoms. The van der Waals surface area contributed by atoms with Crippen LogP contribution >= 0.6 is 81.4 Å². The minimum Gasteiger partial charge on any atom is -0.481 e. The maximum absolute atomic E-state index is 13.2. The lowest BCUT2D eigenvalue weighted by Crippen LogP contribution is -2.39. The number of carbonyl (C=O) groups is 4. The van der Waals surface area contributed by atoms with Crippen molar-refractivity contribution in [3.63, 3.8) is 0 Å². The Bertz CT molecular complexity index is 2140. The molecule has 0 spiro atoms. The second kappa shape index (κ2) is 18.9. The van der Waals surface area contributed by atoms with E-state index >= 15 is 0 Å². The van der Waals surface area contributed by atoms with Gasteiger partial charge in [-0.25, -0.2) is 0 Å². The van der Waals surface area contributed by atoms with Crippen LogP contribution in [0.15, 0.2) is 82.6 Å². The number of aliphatic carboxylic acids is 2. The molecule has 4 aromatic rings. The molecule has 15 heteroatoms. The van der Waals surface area contributed by atoms with E-state index in [1.807, 2.05) is 24.3 Å². The zero-order chi connectivity index (χ0) is 41.0. The predicted octanol–water partition coefficient (Wildman–Crippen LogP) is 11.8. The van der Waals surface area contributed by atoms with Crippen LogP contribution in [0.25, 0.3) is 34.4 Å². The Morgan fingerprint density at radius 3 is 1.26 bits per heavy atom. The molecule has 2 heterocycles. The zero-order valence-corrected chi connectivity index (χ0v) is 35.3. The number of rotatable bonds is 10. The lowest BCUT2D eigenvalue weighted by atomic mass is 9.97. The van der Waals surface area contributed by atoms with Gasteiger partial charge >= 0.3 is 11.9 Å². The highest BCUT2D eigenvalue weighted by Gasteiger charge is 2.28.